The van der Waals surface area contributed by atoms with E-state index in [9.17, 15) is 13.6 Å². The Morgan fingerprint density at radius 2 is 2.08 bits per heavy atom. The van der Waals surface area contributed by atoms with Gasteiger partial charge in [-0.25, -0.2) is 23.7 Å². The van der Waals surface area contributed by atoms with E-state index in [1.54, 1.807) is 38.5 Å². The van der Waals surface area contributed by atoms with Crippen LogP contribution < -0.4 is 10.6 Å². The molecule has 9 heteroatoms. The zero-order valence-electron chi connectivity index (χ0n) is 14.3. The van der Waals surface area contributed by atoms with Crippen LogP contribution in [0.2, 0.25) is 0 Å². The summed E-state index contributed by atoms with van der Waals surface area (Å²) in [4.78, 5) is 28.1. The molecule has 0 aromatic carbocycles. The summed E-state index contributed by atoms with van der Waals surface area (Å²) in [5, 5.41) is 6.03. The Morgan fingerprint density at radius 3 is 2.85 bits per heavy atom. The summed E-state index contributed by atoms with van der Waals surface area (Å²) < 4.78 is 24.6. The number of carbonyl (C=O) groups is 1. The molecule has 136 valence electrons. The monoisotopic (exact) mass is 360 g/mol. The Morgan fingerprint density at radius 1 is 1.27 bits per heavy atom. The lowest BCUT2D eigenvalue weighted by atomic mass is 10.0. The quantitative estimate of drug-likeness (QED) is 0.628. The highest BCUT2D eigenvalue weighted by Gasteiger charge is 2.28. The van der Waals surface area contributed by atoms with Crippen molar-refractivity contribution in [2.45, 2.75) is 25.8 Å². The van der Waals surface area contributed by atoms with E-state index in [1.807, 2.05) is 12.1 Å². The molecule has 3 heterocycles. The molecule has 3 aromatic heterocycles. The zero-order valence-corrected chi connectivity index (χ0v) is 14.3. The fourth-order valence-corrected chi connectivity index (χ4v) is 2.47. The number of halogens is 2. The number of pyridine rings is 1. The van der Waals surface area contributed by atoms with Crippen molar-refractivity contribution in [2.75, 3.05) is 11.9 Å². The third-order valence-corrected chi connectivity index (χ3v) is 3.77. The first-order chi connectivity index (χ1) is 12.4. The van der Waals surface area contributed by atoms with Crippen molar-refractivity contribution in [3.63, 3.8) is 0 Å². The minimum absolute atomic E-state index is 0.408. The Hall–Kier alpha value is -3.10. The molecule has 3 aromatic rings. The van der Waals surface area contributed by atoms with Gasteiger partial charge in [-0.05, 0) is 32.0 Å². The first-order valence-electron chi connectivity index (χ1n) is 7.97. The Balaban J connectivity index is 1.82. The second-order valence-corrected chi connectivity index (χ2v) is 6.22. The first kappa shape index (κ1) is 17.7. The number of H-pyrrole nitrogens is 1. The minimum Gasteiger partial charge on any atom is -0.356 e. The van der Waals surface area contributed by atoms with E-state index in [0.717, 1.165) is 16.6 Å². The summed E-state index contributed by atoms with van der Waals surface area (Å²) in [6.07, 6.45) is 2.41. The van der Waals surface area contributed by atoms with Crippen molar-refractivity contribution in [1.82, 2.24) is 25.3 Å². The average molecular weight is 360 g/mol. The molecule has 0 radical (unpaired) electrons. The second kappa shape index (κ2) is 7.03. The largest absolute Gasteiger partial charge is 0.356 e. The molecule has 0 saturated heterocycles. The van der Waals surface area contributed by atoms with Gasteiger partial charge in [0.2, 0.25) is 5.91 Å². The van der Waals surface area contributed by atoms with Crippen molar-refractivity contribution >= 4 is 22.8 Å². The van der Waals surface area contributed by atoms with Gasteiger partial charge < -0.3 is 15.6 Å². The molecule has 0 atom stereocenters. The lowest BCUT2D eigenvalue weighted by Crippen LogP contribution is -2.49. The number of carbonyl (C=O) groups excluding carboxylic acids is 1. The van der Waals surface area contributed by atoms with Crippen LogP contribution in [0, 0.1) is 0 Å². The van der Waals surface area contributed by atoms with Crippen LogP contribution in [0.5, 0.6) is 0 Å². The van der Waals surface area contributed by atoms with E-state index < -0.39 is 24.4 Å². The molecule has 3 rings (SSSR count). The first-order valence-corrected chi connectivity index (χ1v) is 7.97. The lowest BCUT2D eigenvalue weighted by molar-refractivity contribution is -0.125. The van der Waals surface area contributed by atoms with E-state index >= 15 is 0 Å². The number of aromatic amines is 1. The van der Waals surface area contributed by atoms with Gasteiger partial charge in [0.05, 0.1) is 6.54 Å². The van der Waals surface area contributed by atoms with Gasteiger partial charge in [-0.3, -0.25) is 4.79 Å². The molecule has 1 amide bonds. The fourth-order valence-electron chi connectivity index (χ4n) is 2.47. The number of hydrogen-bond donors (Lipinski definition) is 3. The smallest absolute Gasteiger partial charge is 0.255 e. The SMILES string of the molecule is CC(C)(Nc1ccnc(-c2c[nH]c3ncccc23)n1)C(=O)NCC(F)F. The van der Waals surface area contributed by atoms with Crippen molar-refractivity contribution in [2.24, 2.45) is 0 Å². The maximum absolute atomic E-state index is 12.3. The molecule has 26 heavy (non-hydrogen) atoms. The molecule has 0 aliphatic carbocycles. The Kier molecular flexibility index (Phi) is 4.79. The van der Waals surface area contributed by atoms with E-state index in [0.29, 0.717) is 11.6 Å². The number of hydrogen-bond acceptors (Lipinski definition) is 5. The summed E-state index contributed by atoms with van der Waals surface area (Å²) in [5.41, 5.74) is 0.371. The number of anilines is 1. The van der Waals surface area contributed by atoms with Crippen LogP contribution in [0.25, 0.3) is 22.4 Å². The maximum atomic E-state index is 12.3. The number of amides is 1. The van der Waals surface area contributed by atoms with Crippen LogP contribution in [0.4, 0.5) is 14.6 Å². The average Bonchev–Trinajstić information content (AvgIpc) is 3.03. The number of nitrogens with one attached hydrogen (secondary N) is 3. The van der Waals surface area contributed by atoms with Gasteiger partial charge in [-0.15, -0.1) is 0 Å². The number of alkyl halides is 2. The van der Waals surface area contributed by atoms with Crippen LogP contribution in [0.1, 0.15) is 13.8 Å². The van der Waals surface area contributed by atoms with Gasteiger partial charge in [-0.2, -0.15) is 0 Å². The highest BCUT2D eigenvalue weighted by Crippen LogP contribution is 2.25. The van der Waals surface area contributed by atoms with Crippen molar-refractivity contribution in [3.05, 3.63) is 36.8 Å². The van der Waals surface area contributed by atoms with Crippen LogP contribution in [0.3, 0.4) is 0 Å². The van der Waals surface area contributed by atoms with E-state index in [1.165, 1.54) is 0 Å². The molecule has 0 fully saturated rings. The summed E-state index contributed by atoms with van der Waals surface area (Å²) in [6, 6.07) is 5.33. The number of nitrogens with zero attached hydrogens (tertiary/aromatic N) is 3. The van der Waals surface area contributed by atoms with Gasteiger partial charge in [0.15, 0.2) is 5.82 Å². The summed E-state index contributed by atoms with van der Waals surface area (Å²) in [7, 11) is 0. The van der Waals surface area contributed by atoms with Crippen LogP contribution in [-0.2, 0) is 4.79 Å². The minimum atomic E-state index is -2.60. The maximum Gasteiger partial charge on any atom is 0.255 e. The van der Waals surface area contributed by atoms with Crippen molar-refractivity contribution < 1.29 is 13.6 Å². The van der Waals surface area contributed by atoms with E-state index in [-0.39, 0.29) is 0 Å². The highest BCUT2D eigenvalue weighted by molar-refractivity contribution is 5.92. The summed E-state index contributed by atoms with van der Waals surface area (Å²) in [6.45, 7) is 2.48. The Bertz CT molecular complexity index is 924. The number of aromatic nitrogens is 4. The van der Waals surface area contributed by atoms with Crippen molar-refractivity contribution in [1.29, 1.82) is 0 Å². The van der Waals surface area contributed by atoms with Gasteiger partial charge in [0.25, 0.3) is 6.43 Å². The van der Waals surface area contributed by atoms with Gasteiger partial charge in [0, 0.05) is 29.5 Å². The molecule has 0 aliphatic rings. The van der Waals surface area contributed by atoms with Gasteiger partial charge in [0.1, 0.15) is 17.0 Å². The number of rotatable bonds is 6. The zero-order chi connectivity index (χ0) is 18.7. The molecule has 0 unspecified atom stereocenters. The third-order valence-electron chi connectivity index (χ3n) is 3.77. The lowest BCUT2D eigenvalue weighted by Gasteiger charge is -2.25. The van der Waals surface area contributed by atoms with E-state index in [4.69, 9.17) is 0 Å². The van der Waals surface area contributed by atoms with Gasteiger partial charge >= 0.3 is 0 Å². The predicted molar refractivity (Wildman–Crippen MR) is 93.8 cm³/mol. The summed E-state index contributed by atoms with van der Waals surface area (Å²) in [5.74, 6) is 0.317. The second-order valence-electron chi connectivity index (χ2n) is 6.22. The normalized spacial score (nSPS) is 11.7. The van der Waals surface area contributed by atoms with Gasteiger partial charge in [-0.1, -0.05) is 0 Å². The number of fused-ring (bicyclic) bond motifs is 1. The molecule has 0 saturated carbocycles. The molecular formula is C17H18F2N6O. The molecule has 0 aliphatic heterocycles. The molecule has 0 spiro atoms. The molecule has 0 bridgehead atoms. The van der Waals surface area contributed by atoms with E-state index in [2.05, 4.69) is 30.6 Å². The van der Waals surface area contributed by atoms with Crippen LogP contribution in [-0.4, -0.2) is 44.4 Å². The standard InChI is InChI=1S/C17H18F2N6O/c1-17(2,16(26)23-9-12(18)19)25-13-5-7-21-15(24-13)11-8-22-14-10(11)4-3-6-20-14/h3-8,12H,9H2,1-2H3,(H,20,22)(H,23,26)(H,21,24,25). The highest BCUT2D eigenvalue weighted by atomic mass is 19.3. The summed E-state index contributed by atoms with van der Waals surface area (Å²) >= 11 is 0. The molecule has 7 nitrogen and oxygen atoms in total. The topological polar surface area (TPSA) is 95.6 Å². The predicted octanol–water partition coefficient (Wildman–Crippen LogP) is 2.59. The van der Waals surface area contributed by atoms with Crippen LogP contribution in [0.15, 0.2) is 36.8 Å². The molecule has 3 N–H and O–H groups in total. The Labute approximate surface area is 148 Å². The fraction of sp³-hybridized carbons (Fsp3) is 0.294. The third kappa shape index (κ3) is 3.76. The van der Waals surface area contributed by atoms with Crippen molar-refractivity contribution in [3.8, 4) is 11.4 Å². The van der Waals surface area contributed by atoms with Crippen LogP contribution >= 0.6 is 0 Å². The molecular weight excluding hydrogens is 342 g/mol.